The third kappa shape index (κ3) is 3.21. The fourth-order valence-corrected chi connectivity index (χ4v) is 3.68. The first-order chi connectivity index (χ1) is 12.6. The van der Waals surface area contributed by atoms with Gasteiger partial charge in [0.25, 0.3) is 5.91 Å². The van der Waals surface area contributed by atoms with Gasteiger partial charge in [-0.1, -0.05) is 49.0 Å². The standard InChI is InChI=1S/C20H14BrN3OS/c1-13(21)19(25)22-16-9-5-8-15(10-16)17-11-24-18(12-26-20(24)23-17)14-6-3-2-4-7-14/h2-12H,1H2,(H,22,25). The van der Waals surface area contributed by atoms with E-state index >= 15 is 0 Å². The van der Waals surface area contributed by atoms with Crippen molar-refractivity contribution in [2.24, 2.45) is 0 Å². The van der Waals surface area contributed by atoms with Crippen molar-refractivity contribution < 1.29 is 4.79 Å². The van der Waals surface area contributed by atoms with Crippen LogP contribution in [-0.2, 0) is 4.79 Å². The van der Waals surface area contributed by atoms with E-state index < -0.39 is 0 Å². The average molecular weight is 424 g/mol. The molecule has 2 aromatic heterocycles. The van der Waals surface area contributed by atoms with Crippen LogP contribution < -0.4 is 5.32 Å². The highest BCUT2D eigenvalue weighted by atomic mass is 79.9. The van der Waals surface area contributed by atoms with Gasteiger partial charge in [-0.25, -0.2) is 4.98 Å². The van der Waals surface area contributed by atoms with Gasteiger partial charge in [0.05, 0.1) is 15.9 Å². The minimum Gasteiger partial charge on any atom is -0.322 e. The molecule has 4 nitrogen and oxygen atoms in total. The Kier molecular flexibility index (Phi) is 4.44. The van der Waals surface area contributed by atoms with E-state index in [4.69, 9.17) is 4.98 Å². The first-order valence-electron chi connectivity index (χ1n) is 7.90. The minimum atomic E-state index is -0.265. The lowest BCUT2D eigenvalue weighted by Gasteiger charge is -2.05. The molecule has 0 fully saturated rings. The molecule has 6 heteroatoms. The Morgan fingerprint density at radius 2 is 1.88 bits per heavy atom. The van der Waals surface area contributed by atoms with Crippen LogP contribution in [0.1, 0.15) is 0 Å². The van der Waals surface area contributed by atoms with Crippen molar-refractivity contribution in [2.75, 3.05) is 5.32 Å². The highest BCUT2D eigenvalue weighted by Gasteiger charge is 2.12. The number of nitrogens with one attached hydrogen (secondary N) is 1. The van der Waals surface area contributed by atoms with Crippen LogP contribution in [0.4, 0.5) is 5.69 Å². The van der Waals surface area contributed by atoms with Gasteiger partial charge in [0.1, 0.15) is 0 Å². The van der Waals surface area contributed by atoms with Crippen LogP contribution in [0.5, 0.6) is 0 Å². The number of carbonyl (C=O) groups excluding carboxylic acids is 1. The second-order valence-electron chi connectivity index (χ2n) is 5.71. The zero-order chi connectivity index (χ0) is 18.1. The van der Waals surface area contributed by atoms with Crippen molar-refractivity contribution in [3.05, 3.63) is 77.2 Å². The summed E-state index contributed by atoms with van der Waals surface area (Å²) in [6.07, 6.45) is 2.03. The Balaban J connectivity index is 1.71. The predicted molar refractivity (Wildman–Crippen MR) is 111 cm³/mol. The van der Waals surface area contributed by atoms with Crippen molar-refractivity contribution in [3.63, 3.8) is 0 Å². The van der Waals surface area contributed by atoms with E-state index in [1.54, 1.807) is 11.3 Å². The first-order valence-corrected chi connectivity index (χ1v) is 9.57. The molecule has 1 N–H and O–H groups in total. The number of fused-ring (bicyclic) bond motifs is 1. The lowest BCUT2D eigenvalue weighted by molar-refractivity contribution is -0.112. The summed E-state index contributed by atoms with van der Waals surface area (Å²) in [5.41, 5.74) is 4.78. The molecule has 4 rings (SSSR count). The molecule has 0 bridgehead atoms. The molecule has 0 aliphatic carbocycles. The lowest BCUT2D eigenvalue weighted by atomic mass is 10.1. The number of anilines is 1. The van der Waals surface area contributed by atoms with Gasteiger partial charge >= 0.3 is 0 Å². The van der Waals surface area contributed by atoms with Crippen molar-refractivity contribution in [2.45, 2.75) is 0 Å². The molecule has 128 valence electrons. The second kappa shape index (κ2) is 6.90. The van der Waals surface area contributed by atoms with Gasteiger partial charge in [-0.15, -0.1) is 11.3 Å². The molecule has 2 heterocycles. The molecule has 0 atom stereocenters. The Hall–Kier alpha value is -2.70. The topological polar surface area (TPSA) is 46.4 Å². The largest absolute Gasteiger partial charge is 0.322 e. The summed E-state index contributed by atoms with van der Waals surface area (Å²) in [6, 6.07) is 17.9. The van der Waals surface area contributed by atoms with Crippen molar-refractivity contribution in [1.82, 2.24) is 9.38 Å². The van der Waals surface area contributed by atoms with E-state index in [2.05, 4.69) is 49.7 Å². The molecular formula is C20H14BrN3OS. The predicted octanol–water partition coefficient (Wildman–Crippen LogP) is 5.58. The summed E-state index contributed by atoms with van der Waals surface area (Å²) in [6.45, 7) is 3.58. The molecule has 2 aromatic carbocycles. The normalized spacial score (nSPS) is 10.8. The highest BCUT2D eigenvalue weighted by molar-refractivity contribution is 9.12. The first kappa shape index (κ1) is 16.8. The number of imidazole rings is 1. The van der Waals surface area contributed by atoms with Gasteiger partial charge in [0, 0.05) is 22.8 Å². The number of rotatable bonds is 4. The molecular weight excluding hydrogens is 410 g/mol. The number of nitrogens with zero attached hydrogens (tertiary/aromatic N) is 2. The van der Waals surface area contributed by atoms with E-state index in [0.29, 0.717) is 5.69 Å². The van der Waals surface area contributed by atoms with Gasteiger partial charge in [-0.2, -0.15) is 0 Å². The fourth-order valence-electron chi connectivity index (χ4n) is 2.69. The third-order valence-electron chi connectivity index (χ3n) is 3.94. The Morgan fingerprint density at radius 1 is 1.12 bits per heavy atom. The molecule has 0 spiro atoms. The third-order valence-corrected chi connectivity index (χ3v) is 5.14. The number of carbonyl (C=O) groups is 1. The zero-order valence-electron chi connectivity index (χ0n) is 13.6. The number of aromatic nitrogens is 2. The summed E-state index contributed by atoms with van der Waals surface area (Å²) in [5.74, 6) is -0.265. The van der Waals surface area contributed by atoms with Crippen LogP contribution in [0, 0.1) is 0 Å². The molecule has 0 unspecified atom stereocenters. The maximum atomic E-state index is 11.8. The van der Waals surface area contributed by atoms with Crippen molar-refractivity contribution in [3.8, 4) is 22.5 Å². The Bertz CT molecular complexity index is 1110. The number of thiazole rings is 1. The number of halogens is 1. The smallest absolute Gasteiger partial charge is 0.262 e. The quantitative estimate of drug-likeness (QED) is 0.435. The minimum absolute atomic E-state index is 0.265. The van der Waals surface area contributed by atoms with Crippen molar-refractivity contribution >= 4 is 43.8 Å². The van der Waals surface area contributed by atoms with E-state index in [1.807, 2.05) is 48.7 Å². The molecule has 0 radical (unpaired) electrons. The molecule has 0 aliphatic rings. The van der Waals surface area contributed by atoms with E-state index in [0.717, 1.165) is 27.5 Å². The SMILES string of the molecule is C=C(Br)C(=O)Nc1cccc(-c2cn3c(-c4ccccc4)csc3n2)c1. The van der Waals surface area contributed by atoms with Gasteiger partial charge in [0.2, 0.25) is 0 Å². The lowest BCUT2D eigenvalue weighted by Crippen LogP contribution is -2.10. The molecule has 26 heavy (non-hydrogen) atoms. The van der Waals surface area contributed by atoms with Crippen LogP contribution in [-0.4, -0.2) is 15.3 Å². The highest BCUT2D eigenvalue weighted by Crippen LogP contribution is 2.30. The van der Waals surface area contributed by atoms with Crippen LogP contribution in [0.15, 0.2) is 77.2 Å². The number of hydrogen-bond acceptors (Lipinski definition) is 3. The molecule has 0 saturated heterocycles. The van der Waals surface area contributed by atoms with E-state index in [9.17, 15) is 4.79 Å². The number of amides is 1. The van der Waals surface area contributed by atoms with Gasteiger partial charge in [-0.05, 0) is 33.6 Å². The number of hydrogen-bond donors (Lipinski definition) is 1. The zero-order valence-corrected chi connectivity index (χ0v) is 16.0. The van der Waals surface area contributed by atoms with Crippen LogP contribution in [0.25, 0.3) is 27.5 Å². The van der Waals surface area contributed by atoms with E-state index in [-0.39, 0.29) is 10.4 Å². The Labute approximate surface area is 163 Å². The molecule has 1 amide bonds. The van der Waals surface area contributed by atoms with E-state index in [1.165, 1.54) is 0 Å². The average Bonchev–Trinajstić information content (AvgIpc) is 3.23. The fraction of sp³-hybridized carbons (Fsp3) is 0. The van der Waals surface area contributed by atoms with Crippen LogP contribution in [0.2, 0.25) is 0 Å². The Morgan fingerprint density at radius 3 is 2.65 bits per heavy atom. The van der Waals surface area contributed by atoms with Gasteiger partial charge < -0.3 is 5.32 Å². The van der Waals surface area contributed by atoms with Crippen LogP contribution >= 0.6 is 27.3 Å². The summed E-state index contributed by atoms with van der Waals surface area (Å²) in [5, 5.41) is 4.91. The van der Waals surface area contributed by atoms with Crippen LogP contribution in [0.3, 0.4) is 0 Å². The second-order valence-corrected chi connectivity index (χ2v) is 7.50. The van der Waals surface area contributed by atoms with Gasteiger partial charge in [-0.3, -0.25) is 9.20 Å². The maximum absolute atomic E-state index is 11.8. The van der Waals surface area contributed by atoms with Gasteiger partial charge in [0.15, 0.2) is 4.96 Å². The maximum Gasteiger partial charge on any atom is 0.262 e. The van der Waals surface area contributed by atoms with Crippen molar-refractivity contribution in [1.29, 1.82) is 0 Å². The molecule has 4 aromatic rings. The monoisotopic (exact) mass is 423 g/mol. The number of benzene rings is 2. The summed E-state index contributed by atoms with van der Waals surface area (Å²) < 4.78 is 2.39. The summed E-state index contributed by atoms with van der Waals surface area (Å²) in [7, 11) is 0. The summed E-state index contributed by atoms with van der Waals surface area (Å²) in [4.78, 5) is 17.4. The molecule has 0 saturated carbocycles. The molecule has 0 aliphatic heterocycles. The summed E-state index contributed by atoms with van der Waals surface area (Å²) >= 11 is 4.70.